The van der Waals surface area contributed by atoms with E-state index in [1.54, 1.807) is 0 Å². The fourth-order valence-corrected chi connectivity index (χ4v) is 3.93. The summed E-state index contributed by atoms with van der Waals surface area (Å²) in [6.45, 7) is 3.40. The molecule has 2 heteroatoms. The number of hydrogen-bond donors (Lipinski definition) is 1. The van der Waals surface area contributed by atoms with Gasteiger partial charge < -0.3 is 5.32 Å². The second-order valence-corrected chi connectivity index (χ2v) is 9.79. The van der Waals surface area contributed by atoms with Gasteiger partial charge in [-0.3, -0.25) is 4.48 Å². The van der Waals surface area contributed by atoms with E-state index in [0.29, 0.717) is 0 Å². The predicted molar refractivity (Wildman–Crippen MR) is 134 cm³/mol. The first kappa shape index (κ1) is 26.0. The Bertz CT molecular complexity index is 472. The molecule has 1 aromatic carbocycles. The molecule has 0 spiro atoms. The second kappa shape index (κ2) is 16.7. The molecular formula is C27H51N2+. The van der Waals surface area contributed by atoms with Crippen molar-refractivity contribution in [1.82, 2.24) is 4.48 Å². The zero-order valence-electron chi connectivity index (χ0n) is 20.3. The third-order valence-electron chi connectivity index (χ3n) is 6.00. The Hall–Kier alpha value is -1.02. The Morgan fingerprint density at radius 2 is 0.931 bits per heavy atom. The van der Waals surface area contributed by atoms with Crippen molar-refractivity contribution in [2.45, 2.75) is 110 Å². The molecule has 1 N–H and O–H groups in total. The average Bonchev–Trinajstić information content (AvgIpc) is 2.70. The molecule has 0 atom stereocenters. The molecule has 168 valence electrons. The van der Waals surface area contributed by atoms with Gasteiger partial charge in [0.05, 0.1) is 21.1 Å². The van der Waals surface area contributed by atoms with Crippen molar-refractivity contribution in [3.8, 4) is 0 Å². The lowest BCUT2D eigenvalue weighted by atomic mass is 10.0. The van der Waals surface area contributed by atoms with Gasteiger partial charge in [0.15, 0.2) is 0 Å². The van der Waals surface area contributed by atoms with Crippen molar-refractivity contribution >= 4 is 11.4 Å². The molecular weight excluding hydrogens is 352 g/mol. The SMILES string of the molecule is CCCCCCCCCCCCCCCCCCNc1ccc([N+](C)(C)C)cc1. The summed E-state index contributed by atoms with van der Waals surface area (Å²) in [5, 5.41) is 3.57. The van der Waals surface area contributed by atoms with Crippen LogP contribution in [0.1, 0.15) is 110 Å². The van der Waals surface area contributed by atoms with E-state index in [2.05, 4.69) is 57.6 Å². The van der Waals surface area contributed by atoms with Gasteiger partial charge in [0.2, 0.25) is 0 Å². The molecule has 0 amide bonds. The quantitative estimate of drug-likeness (QED) is 0.180. The summed E-state index contributed by atoms with van der Waals surface area (Å²) in [4.78, 5) is 0. The molecule has 29 heavy (non-hydrogen) atoms. The van der Waals surface area contributed by atoms with Crippen LogP contribution in [0.5, 0.6) is 0 Å². The van der Waals surface area contributed by atoms with E-state index in [-0.39, 0.29) is 0 Å². The van der Waals surface area contributed by atoms with Crippen LogP contribution in [0.3, 0.4) is 0 Å². The van der Waals surface area contributed by atoms with Crippen LogP contribution in [0, 0.1) is 0 Å². The third-order valence-corrected chi connectivity index (χ3v) is 6.00. The molecule has 1 rings (SSSR count). The van der Waals surface area contributed by atoms with Crippen LogP contribution in [-0.2, 0) is 0 Å². The molecule has 0 aromatic heterocycles. The first-order chi connectivity index (χ1) is 14.0. The highest BCUT2D eigenvalue weighted by molar-refractivity contribution is 5.52. The Morgan fingerprint density at radius 3 is 1.31 bits per heavy atom. The van der Waals surface area contributed by atoms with Gasteiger partial charge >= 0.3 is 0 Å². The molecule has 0 saturated heterocycles. The minimum absolute atomic E-state index is 0.874. The van der Waals surface area contributed by atoms with E-state index in [1.807, 2.05) is 0 Å². The van der Waals surface area contributed by atoms with E-state index < -0.39 is 0 Å². The summed E-state index contributed by atoms with van der Waals surface area (Å²) >= 11 is 0. The predicted octanol–water partition coefficient (Wildman–Crippen LogP) is 8.56. The van der Waals surface area contributed by atoms with Crippen molar-refractivity contribution < 1.29 is 0 Å². The maximum atomic E-state index is 3.57. The van der Waals surface area contributed by atoms with Crippen molar-refractivity contribution in [3.05, 3.63) is 24.3 Å². The van der Waals surface area contributed by atoms with Gasteiger partial charge in [0, 0.05) is 24.4 Å². The van der Waals surface area contributed by atoms with E-state index in [4.69, 9.17) is 0 Å². The summed E-state index contributed by atoms with van der Waals surface area (Å²) < 4.78 is 0.874. The number of anilines is 1. The topological polar surface area (TPSA) is 12.0 Å². The lowest BCUT2D eigenvalue weighted by Gasteiger charge is -2.23. The van der Waals surface area contributed by atoms with E-state index in [0.717, 1.165) is 11.0 Å². The van der Waals surface area contributed by atoms with Crippen LogP contribution in [-0.4, -0.2) is 27.7 Å². The van der Waals surface area contributed by atoms with E-state index >= 15 is 0 Å². The summed E-state index contributed by atoms with van der Waals surface area (Å²) in [6.07, 6.45) is 22.9. The van der Waals surface area contributed by atoms with Crippen LogP contribution in [0.25, 0.3) is 0 Å². The van der Waals surface area contributed by atoms with Crippen LogP contribution in [0.4, 0.5) is 11.4 Å². The summed E-state index contributed by atoms with van der Waals surface area (Å²) in [6, 6.07) is 8.89. The minimum atomic E-state index is 0.874. The summed E-state index contributed by atoms with van der Waals surface area (Å²) in [5.41, 5.74) is 2.60. The molecule has 0 unspecified atom stereocenters. The van der Waals surface area contributed by atoms with Crippen molar-refractivity contribution in [2.75, 3.05) is 33.0 Å². The van der Waals surface area contributed by atoms with Crippen LogP contribution < -0.4 is 9.80 Å². The zero-order chi connectivity index (χ0) is 21.2. The maximum Gasteiger partial charge on any atom is 0.132 e. The Balaban J connectivity index is 1.82. The molecule has 0 bridgehead atoms. The molecule has 0 aliphatic carbocycles. The molecule has 0 aliphatic rings. The highest BCUT2D eigenvalue weighted by Crippen LogP contribution is 2.20. The average molecular weight is 404 g/mol. The normalized spacial score (nSPS) is 11.7. The van der Waals surface area contributed by atoms with E-state index in [9.17, 15) is 0 Å². The number of unbranched alkanes of at least 4 members (excludes halogenated alkanes) is 15. The minimum Gasteiger partial charge on any atom is -0.385 e. The molecule has 0 aliphatic heterocycles. The smallest absolute Gasteiger partial charge is 0.132 e. The molecule has 0 saturated carbocycles. The fraction of sp³-hybridized carbons (Fsp3) is 0.778. The van der Waals surface area contributed by atoms with Gasteiger partial charge in [-0.15, -0.1) is 0 Å². The van der Waals surface area contributed by atoms with Gasteiger partial charge in [0.1, 0.15) is 5.69 Å². The number of nitrogens with one attached hydrogen (secondary N) is 1. The number of quaternary nitrogens is 1. The number of nitrogens with zero attached hydrogens (tertiary/aromatic N) is 1. The van der Waals surface area contributed by atoms with Gasteiger partial charge in [-0.1, -0.05) is 103 Å². The summed E-state index contributed by atoms with van der Waals surface area (Å²) in [5.74, 6) is 0. The molecule has 0 heterocycles. The highest BCUT2D eigenvalue weighted by Gasteiger charge is 2.10. The van der Waals surface area contributed by atoms with Gasteiger partial charge in [-0.05, 0) is 18.6 Å². The van der Waals surface area contributed by atoms with Crippen LogP contribution in [0.2, 0.25) is 0 Å². The first-order valence-corrected chi connectivity index (χ1v) is 12.7. The second-order valence-electron chi connectivity index (χ2n) is 9.79. The van der Waals surface area contributed by atoms with Crippen molar-refractivity contribution in [2.24, 2.45) is 0 Å². The van der Waals surface area contributed by atoms with Crippen LogP contribution >= 0.6 is 0 Å². The zero-order valence-corrected chi connectivity index (χ0v) is 20.3. The number of rotatable bonds is 19. The molecule has 0 radical (unpaired) electrons. The molecule has 0 fully saturated rings. The van der Waals surface area contributed by atoms with Gasteiger partial charge in [-0.25, -0.2) is 0 Å². The first-order valence-electron chi connectivity index (χ1n) is 12.7. The standard InChI is InChI=1S/C27H51N2/c1-5-6-7-8-9-10-11-12-13-14-15-16-17-18-19-20-25-28-26-21-23-27(24-22-26)29(2,3)4/h21-24,28H,5-20,25H2,1-4H3/q+1. The highest BCUT2D eigenvalue weighted by atomic mass is 15.3. The largest absolute Gasteiger partial charge is 0.385 e. The monoisotopic (exact) mass is 403 g/mol. The number of hydrogen-bond acceptors (Lipinski definition) is 1. The Morgan fingerprint density at radius 1 is 0.552 bits per heavy atom. The van der Waals surface area contributed by atoms with Crippen molar-refractivity contribution in [3.63, 3.8) is 0 Å². The van der Waals surface area contributed by atoms with Gasteiger partial charge in [-0.2, -0.15) is 0 Å². The van der Waals surface area contributed by atoms with Crippen LogP contribution in [0.15, 0.2) is 24.3 Å². The Kier molecular flexibility index (Phi) is 15.0. The van der Waals surface area contributed by atoms with Gasteiger partial charge in [0.25, 0.3) is 0 Å². The maximum absolute atomic E-state index is 3.57. The molecule has 1 aromatic rings. The Labute approximate surface area is 183 Å². The van der Waals surface area contributed by atoms with Crippen molar-refractivity contribution in [1.29, 1.82) is 0 Å². The lowest BCUT2D eigenvalue weighted by molar-refractivity contribution is 0.486. The third kappa shape index (κ3) is 14.6. The summed E-state index contributed by atoms with van der Waals surface area (Å²) in [7, 11) is 6.62. The van der Waals surface area contributed by atoms with E-state index in [1.165, 1.54) is 114 Å². The molecule has 2 nitrogen and oxygen atoms in total. The fourth-order valence-electron chi connectivity index (χ4n) is 3.93. The lowest BCUT2D eigenvalue weighted by Crippen LogP contribution is -2.34. The number of benzene rings is 1.